The molecule has 1 amide bonds. The van der Waals surface area contributed by atoms with Crippen LogP contribution >= 0.6 is 0 Å². The number of rotatable bonds is 2. The number of carbonyl (C=O) groups excluding carboxylic acids is 2. The molecular weight excluding hydrogens is 277 g/mol. The zero-order chi connectivity index (χ0) is 13.9. The van der Waals surface area contributed by atoms with Crippen LogP contribution in [0.5, 0.6) is 0 Å². The fraction of sp³-hybridized carbons (Fsp3) is 0.667. The number of hydrogen-bond acceptors (Lipinski definition) is 6. The molecule has 0 aromatic carbocycles. The van der Waals surface area contributed by atoms with Crippen LogP contribution in [0.25, 0.3) is 0 Å². The monoisotopic (exact) mass is 291 g/mol. The van der Waals surface area contributed by atoms with Crippen LogP contribution in [-0.2, 0) is 14.3 Å². The average molecular weight is 291 g/mol. The number of aliphatic hydroxyl groups excluding tert-OH is 2. The number of aliphatic hydroxyl groups is 2. The number of carboxylic acids is 1. The molecule has 2 N–H and O–H groups in total. The molecule has 0 aromatic heterocycles. The molecule has 0 aromatic rings. The molecule has 0 radical (unpaired) electrons. The molecule has 0 saturated carbocycles. The molecule has 0 bridgehead atoms. The first kappa shape index (κ1) is 15.9. The van der Waals surface area contributed by atoms with Crippen LogP contribution in [0.2, 0.25) is 0 Å². The molecule has 3 aliphatic heterocycles. The van der Waals surface area contributed by atoms with Crippen molar-refractivity contribution in [1.82, 2.24) is 4.90 Å². The van der Waals surface area contributed by atoms with Gasteiger partial charge in [-0.25, -0.2) is 0 Å². The molecule has 7 nitrogen and oxygen atoms in total. The minimum absolute atomic E-state index is 0. The second kappa shape index (κ2) is 5.40. The molecule has 3 aliphatic rings. The van der Waals surface area contributed by atoms with E-state index in [0.29, 0.717) is 6.61 Å². The number of β-lactam (4-membered cyclic amide) rings is 1. The molecule has 0 aliphatic carbocycles. The van der Waals surface area contributed by atoms with Gasteiger partial charge < -0.3 is 29.8 Å². The number of carboxylic acid groups (broad SMARTS) is 1. The van der Waals surface area contributed by atoms with Crippen LogP contribution in [-0.4, -0.2) is 58.0 Å². The number of amides is 1. The fourth-order valence-corrected chi connectivity index (χ4v) is 3.28. The van der Waals surface area contributed by atoms with Crippen LogP contribution in [0.1, 0.15) is 13.3 Å². The summed E-state index contributed by atoms with van der Waals surface area (Å²) in [5.41, 5.74) is -0.0862. The number of ether oxygens (including phenoxy) is 1. The molecule has 3 heterocycles. The predicted molar refractivity (Wildman–Crippen MR) is 58.2 cm³/mol. The maximum Gasteiger partial charge on any atom is 1.00 e. The molecule has 8 heteroatoms. The summed E-state index contributed by atoms with van der Waals surface area (Å²) < 4.78 is 5.50. The van der Waals surface area contributed by atoms with E-state index in [4.69, 9.17) is 4.74 Å². The van der Waals surface area contributed by atoms with E-state index in [2.05, 4.69) is 0 Å². The van der Waals surface area contributed by atoms with Gasteiger partial charge in [-0.3, -0.25) is 4.79 Å². The standard InChI is InChI=1S/C12H15NO6.Na/c1-4(14)6-8-10-7(5(15)2-3-19-10)9(12(17)18)13(8)11(6)16;/h4-6,8,10,14-15H,2-3H2,1H3,(H,17,18);/q;+1/p-1/t4-,5-,6-,8+,10+;/m1./s1. The molecule has 20 heavy (non-hydrogen) atoms. The van der Waals surface area contributed by atoms with Crippen LogP contribution < -0.4 is 34.7 Å². The van der Waals surface area contributed by atoms with E-state index < -0.39 is 42.1 Å². The van der Waals surface area contributed by atoms with Gasteiger partial charge in [0.25, 0.3) is 0 Å². The summed E-state index contributed by atoms with van der Waals surface area (Å²) in [4.78, 5) is 24.3. The molecule has 0 spiro atoms. The summed E-state index contributed by atoms with van der Waals surface area (Å²) in [6.45, 7) is 1.77. The van der Waals surface area contributed by atoms with E-state index >= 15 is 0 Å². The van der Waals surface area contributed by atoms with Crippen molar-refractivity contribution in [2.45, 2.75) is 37.7 Å². The summed E-state index contributed by atoms with van der Waals surface area (Å²) in [5, 5.41) is 30.8. The zero-order valence-electron chi connectivity index (χ0n) is 11.3. The summed E-state index contributed by atoms with van der Waals surface area (Å²) in [6.07, 6.45) is -2.20. The van der Waals surface area contributed by atoms with Gasteiger partial charge in [0.2, 0.25) is 5.91 Å². The smallest absolute Gasteiger partial charge is 0.543 e. The predicted octanol–water partition coefficient (Wildman–Crippen LogP) is -5.63. The number of hydrogen-bond donors (Lipinski definition) is 2. The van der Waals surface area contributed by atoms with Crippen LogP contribution in [0.4, 0.5) is 0 Å². The maximum absolute atomic E-state index is 12.0. The van der Waals surface area contributed by atoms with Gasteiger partial charge in [0.15, 0.2) is 0 Å². The molecule has 3 rings (SSSR count). The van der Waals surface area contributed by atoms with Crippen molar-refractivity contribution < 1.29 is 59.2 Å². The third kappa shape index (κ3) is 1.96. The summed E-state index contributed by atoms with van der Waals surface area (Å²) in [7, 11) is 0. The molecule has 5 atom stereocenters. The van der Waals surface area contributed by atoms with Gasteiger partial charge in [-0.1, -0.05) is 0 Å². The maximum atomic E-state index is 12.0. The van der Waals surface area contributed by atoms with Crippen LogP contribution in [0.15, 0.2) is 11.3 Å². The van der Waals surface area contributed by atoms with E-state index in [1.165, 1.54) is 6.92 Å². The number of fused-ring (bicyclic) bond motifs is 3. The Morgan fingerprint density at radius 3 is 2.75 bits per heavy atom. The Hall–Kier alpha value is -0.440. The van der Waals surface area contributed by atoms with Crippen molar-refractivity contribution in [3.8, 4) is 0 Å². The van der Waals surface area contributed by atoms with E-state index in [1.54, 1.807) is 0 Å². The first-order chi connectivity index (χ1) is 8.95. The quantitative estimate of drug-likeness (QED) is 0.388. The van der Waals surface area contributed by atoms with Crippen LogP contribution in [0.3, 0.4) is 0 Å². The van der Waals surface area contributed by atoms with Gasteiger partial charge in [0.05, 0.1) is 42.4 Å². The van der Waals surface area contributed by atoms with Gasteiger partial charge >= 0.3 is 29.6 Å². The van der Waals surface area contributed by atoms with Crippen molar-refractivity contribution in [3.05, 3.63) is 11.3 Å². The van der Waals surface area contributed by atoms with Gasteiger partial charge in [-0.05, 0) is 6.92 Å². The number of aliphatic carboxylic acids is 1. The topological polar surface area (TPSA) is 110 Å². The van der Waals surface area contributed by atoms with Crippen molar-refractivity contribution in [2.24, 2.45) is 5.92 Å². The van der Waals surface area contributed by atoms with Crippen molar-refractivity contribution >= 4 is 11.9 Å². The zero-order valence-corrected chi connectivity index (χ0v) is 13.3. The van der Waals surface area contributed by atoms with Gasteiger partial charge in [0, 0.05) is 12.0 Å². The first-order valence-corrected chi connectivity index (χ1v) is 6.21. The largest absolute Gasteiger partial charge is 1.00 e. The third-order valence-electron chi connectivity index (χ3n) is 4.08. The molecule has 2 saturated heterocycles. The summed E-state index contributed by atoms with van der Waals surface area (Å²) in [6, 6.07) is -0.551. The number of carbonyl (C=O) groups is 2. The van der Waals surface area contributed by atoms with E-state index in [-0.39, 0.29) is 47.2 Å². The van der Waals surface area contributed by atoms with Crippen molar-refractivity contribution in [2.75, 3.05) is 6.61 Å². The van der Waals surface area contributed by atoms with Crippen LogP contribution in [0, 0.1) is 5.92 Å². The van der Waals surface area contributed by atoms with Gasteiger partial charge in [-0.2, -0.15) is 0 Å². The van der Waals surface area contributed by atoms with Crippen molar-refractivity contribution in [3.63, 3.8) is 0 Å². The van der Waals surface area contributed by atoms with Gasteiger partial charge in [0.1, 0.15) is 6.10 Å². The Kier molecular flexibility index (Phi) is 4.30. The number of nitrogens with zero attached hydrogens (tertiary/aromatic N) is 1. The molecular formula is C12H14NNaO6. The average Bonchev–Trinajstić information content (AvgIpc) is 2.61. The Bertz CT molecular complexity index is 490. The molecule has 2 fully saturated rings. The Balaban J connectivity index is 0.00000147. The SMILES string of the molecule is C[C@@H](O)[C@H]1C(=O)N2C(C(=O)[O-])=C3[C@H](O)CCO[C@@H]3[C@H]12.[Na+]. The summed E-state index contributed by atoms with van der Waals surface area (Å²) in [5.74, 6) is -2.65. The minimum Gasteiger partial charge on any atom is -0.543 e. The molecule has 0 unspecified atom stereocenters. The second-order valence-electron chi connectivity index (χ2n) is 5.15. The Morgan fingerprint density at radius 1 is 1.55 bits per heavy atom. The van der Waals surface area contributed by atoms with Crippen molar-refractivity contribution in [1.29, 1.82) is 0 Å². The Labute approximate surface area is 137 Å². The second-order valence-corrected chi connectivity index (χ2v) is 5.15. The van der Waals surface area contributed by atoms with Gasteiger partial charge in [-0.15, -0.1) is 0 Å². The van der Waals surface area contributed by atoms with E-state index in [9.17, 15) is 24.9 Å². The Morgan fingerprint density at radius 2 is 2.20 bits per heavy atom. The normalized spacial score (nSPS) is 36.8. The fourth-order valence-electron chi connectivity index (χ4n) is 3.28. The summed E-state index contributed by atoms with van der Waals surface area (Å²) >= 11 is 0. The molecule has 104 valence electrons. The third-order valence-corrected chi connectivity index (χ3v) is 4.08. The first-order valence-electron chi connectivity index (χ1n) is 6.21. The van der Waals surface area contributed by atoms with E-state index in [0.717, 1.165) is 4.90 Å². The van der Waals surface area contributed by atoms with E-state index in [1.807, 2.05) is 0 Å². The minimum atomic E-state index is -1.50.